The molecule has 0 aromatic rings. The smallest absolute Gasteiger partial charge is 0.327 e. The molecule has 0 aromatic heterocycles. The van der Waals surface area contributed by atoms with Gasteiger partial charge in [-0.15, -0.1) is 0 Å². The summed E-state index contributed by atoms with van der Waals surface area (Å²) in [5.74, 6) is -0.134. The van der Waals surface area contributed by atoms with Crippen molar-refractivity contribution in [2.45, 2.75) is 77.9 Å². The topological polar surface area (TPSA) is 41.6 Å². The van der Waals surface area contributed by atoms with Crippen molar-refractivity contribution in [3.63, 3.8) is 0 Å². The Labute approximate surface area is 124 Å². The summed E-state index contributed by atoms with van der Waals surface area (Å²) < 4.78 is 5.29. The van der Waals surface area contributed by atoms with E-state index in [9.17, 15) is 4.79 Å². The first kappa shape index (κ1) is 17.4. The zero-order chi connectivity index (χ0) is 15.2. The number of ether oxygens (including phenoxy) is 1. The van der Waals surface area contributed by atoms with Crippen LogP contribution in [0.5, 0.6) is 0 Å². The normalized spacial score (nSPS) is 19.6. The van der Waals surface area contributed by atoms with E-state index in [1.165, 1.54) is 25.7 Å². The van der Waals surface area contributed by atoms with Crippen LogP contribution in [0.25, 0.3) is 0 Å². The zero-order valence-corrected chi connectivity index (χ0v) is 13.9. The summed E-state index contributed by atoms with van der Waals surface area (Å²) in [6.45, 7) is 12.3. The predicted molar refractivity (Wildman–Crippen MR) is 82.8 cm³/mol. The summed E-state index contributed by atoms with van der Waals surface area (Å²) in [5, 5.41) is 3.41. The van der Waals surface area contributed by atoms with E-state index in [4.69, 9.17) is 4.74 Å². The second-order valence-electron chi connectivity index (χ2n) is 6.35. The van der Waals surface area contributed by atoms with Crippen molar-refractivity contribution < 1.29 is 9.53 Å². The second kappa shape index (κ2) is 7.99. The van der Waals surface area contributed by atoms with E-state index in [2.05, 4.69) is 31.0 Å². The number of hydrogen-bond donors (Lipinski definition) is 1. The fourth-order valence-electron chi connectivity index (χ4n) is 3.27. The van der Waals surface area contributed by atoms with Crippen LogP contribution in [0.4, 0.5) is 0 Å². The van der Waals surface area contributed by atoms with Gasteiger partial charge in [0, 0.05) is 18.6 Å². The van der Waals surface area contributed by atoms with Gasteiger partial charge in [0.05, 0.1) is 6.61 Å². The third kappa shape index (κ3) is 4.74. The van der Waals surface area contributed by atoms with E-state index in [1.54, 1.807) is 0 Å². The van der Waals surface area contributed by atoms with Crippen LogP contribution >= 0.6 is 0 Å². The number of rotatable bonds is 8. The van der Waals surface area contributed by atoms with Crippen LogP contribution in [0, 0.1) is 0 Å². The third-order valence-corrected chi connectivity index (χ3v) is 4.10. The Kier molecular flexibility index (Phi) is 6.96. The van der Waals surface area contributed by atoms with Gasteiger partial charge < -0.3 is 4.74 Å². The highest BCUT2D eigenvalue weighted by atomic mass is 16.5. The molecule has 0 heterocycles. The molecule has 4 nitrogen and oxygen atoms in total. The van der Waals surface area contributed by atoms with Gasteiger partial charge in [-0.2, -0.15) is 0 Å². The second-order valence-corrected chi connectivity index (χ2v) is 6.35. The summed E-state index contributed by atoms with van der Waals surface area (Å²) in [4.78, 5) is 14.8. The lowest BCUT2D eigenvalue weighted by Gasteiger charge is -2.38. The number of likely N-dealkylation sites (N-methyl/N-ethyl adjacent to an activating group) is 1. The molecule has 0 amide bonds. The van der Waals surface area contributed by atoms with Crippen LogP contribution in [0.1, 0.15) is 60.3 Å². The lowest BCUT2D eigenvalue weighted by molar-refractivity contribution is -0.152. The van der Waals surface area contributed by atoms with Gasteiger partial charge in [0.25, 0.3) is 0 Å². The van der Waals surface area contributed by atoms with Crippen LogP contribution in [-0.2, 0) is 9.53 Å². The van der Waals surface area contributed by atoms with Crippen LogP contribution in [0.2, 0.25) is 0 Å². The minimum atomic E-state index is -0.622. The fraction of sp³-hybridized carbons (Fsp3) is 0.938. The number of hydrogen-bond acceptors (Lipinski definition) is 4. The van der Waals surface area contributed by atoms with Gasteiger partial charge in [0.15, 0.2) is 0 Å². The predicted octanol–water partition coefficient (Wildman–Crippen LogP) is 2.57. The SMILES string of the molecule is CCOC(=O)C(C)(CN(CC)C1CCCC1)NC(C)C. The number of nitrogens with one attached hydrogen (secondary N) is 1. The summed E-state index contributed by atoms with van der Waals surface area (Å²) >= 11 is 0. The molecule has 1 aliphatic rings. The van der Waals surface area contributed by atoms with E-state index < -0.39 is 5.54 Å². The first-order valence-corrected chi connectivity index (χ1v) is 8.12. The molecule has 1 atom stereocenters. The maximum Gasteiger partial charge on any atom is 0.327 e. The minimum absolute atomic E-state index is 0.134. The van der Waals surface area contributed by atoms with Crippen molar-refractivity contribution in [3.8, 4) is 0 Å². The lowest BCUT2D eigenvalue weighted by Crippen LogP contribution is -2.60. The molecule has 1 rings (SSSR count). The standard InChI is InChI=1S/C16H32N2O2/c1-6-18(14-10-8-9-11-14)12-16(5,17-13(3)4)15(19)20-7-2/h13-14,17H,6-12H2,1-5H3. The molecule has 1 aliphatic carbocycles. The van der Waals surface area contributed by atoms with Gasteiger partial charge in [0.1, 0.15) is 5.54 Å². The fourth-order valence-corrected chi connectivity index (χ4v) is 3.27. The highest BCUT2D eigenvalue weighted by Crippen LogP contribution is 2.25. The van der Waals surface area contributed by atoms with Crippen molar-refractivity contribution in [2.24, 2.45) is 0 Å². The van der Waals surface area contributed by atoms with Gasteiger partial charge in [-0.1, -0.05) is 19.8 Å². The number of carbonyl (C=O) groups excluding carboxylic acids is 1. The molecule has 0 spiro atoms. The van der Waals surface area contributed by atoms with Gasteiger partial charge in [-0.05, 0) is 47.1 Å². The monoisotopic (exact) mass is 284 g/mol. The molecule has 0 bridgehead atoms. The molecule has 0 aliphatic heterocycles. The van der Waals surface area contributed by atoms with Gasteiger partial charge in [-0.3, -0.25) is 15.0 Å². The Morgan fingerprint density at radius 3 is 2.40 bits per heavy atom. The van der Waals surface area contributed by atoms with Crippen LogP contribution in [-0.4, -0.2) is 48.2 Å². The summed E-state index contributed by atoms with van der Waals surface area (Å²) in [7, 11) is 0. The summed E-state index contributed by atoms with van der Waals surface area (Å²) in [5.41, 5.74) is -0.622. The molecule has 0 radical (unpaired) electrons. The maximum absolute atomic E-state index is 12.4. The minimum Gasteiger partial charge on any atom is -0.465 e. The van der Waals surface area contributed by atoms with Crippen LogP contribution < -0.4 is 5.32 Å². The molecular weight excluding hydrogens is 252 g/mol. The Balaban J connectivity index is 2.77. The summed E-state index contributed by atoms with van der Waals surface area (Å²) in [6, 6.07) is 0.884. The largest absolute Gasteiger partial charge is 0.465 e. The first-order valence-electron chi connectivity index (χ1n) is 8.12. The van der Waals surface area contributed by atoms with Crippen LogP contribution in [0.3, 0.4) is 0 Å². The molecule has 0 aromatic carbocycles. The molecule has 20 heavy (non-hydrogen) atoms. The Morgan fingerprint density at radius 1 is 1.35 bits per heavy atom. The van der Waals surface area contributed by atoms with Gasteiger partial charge in [0.2, 0.25) is 0 Å². The molecule has 1 fully saturated rings. The highest BCUT2D eigenvalue weighted by molar-refractivity contribution is 5.80. The van der Waals surface area contributed by atoms with Gasteiger partial charge in [-0.25, -0.2) is 0 Å². The zero-order valence-electron chi connectivity index (χ0n) is 13.9. The Morgan fingerprint density at radius 2 is 1.95 bits per heavy atom. The van der Waals surface area contributed by atoms with E-state index >= 15 is 0 Å². The van der Waals surface area contributed by atoms with Crippen LogP contribution in [0.15, 0.2) is 0 Å². The van der Waals surface area contributed by atoms with Crippen molar-refractivity contribution in [1.82, 2.24) is 10.2 Å². The maximum atomic E-state index is 12.4. The Hall–Kier alpha value is -0.610. The quantitative estimate of drug-likeness (QED) is 0.696. The van der Waals surface area contributed by atoms with E-state index in [-0.39, 0.29) is 12.0 Å². The number of carbonyl (C=O) groups is 1. The lowest BCUT2D eigenvalue weighted by atomic mass is 9.99. The average molecular weight is 284 g/mol. The average Bonchev–Trinajstić information content (AvgIpc) is 2.89. The first-order chi connectivity index (χ1) is 9.42. The number of nitrogens with zero attached hydrogens (tertiary/aromatic N) is 1. The van der Waals surface area contributed by atoms with E-state index in [1.807, 2.05) is 13.8 Å². The van der Waals surface area contributed by atoms with Gasteiger partial charge >= 0.3 is 5.97 Å². The van der Waals surface area contributed by atoms with Crippen molar-refractivity contribution in [1.29, 1.82) is 0 Å². The molecular formula is C16H32N2O2. The van der Waals surface area contributed by atoms with E-state index in [0.717, 1.165) is 13.1 Å². The Bertz CT molecular complexity index is 301. The van der Waals surface area contributed by atoms with Crippen molar-refractivity contribution >= 4 is 5.97 Å². The highest BCUT2D eigenvalue weighted by Gasteiger charge is 2.38. The number of esters is 1. The molecule has 4 heteroatoms. The summed E-state index contributed by atoms with van der Waals surface area (Å²) in [6.07, 6.45) is 5.15. The molecule has 1 N–H and O–H groups in total. The van der Waals surface area contributed by atoms with Crippen molar-refractivity contribution in [3.05, 3.63) is 0 Å². The van der Waals surface area contributed by atoms with Crippen molar-refractivity contribution in [2.75, 3.05) is 19.7 Å². The molecule has 0 saturated heterocycles. The molecule has 118 valence electrons. The third-order valence-electron chi connectivity index (χ3n) is 4.10. The molecule has 1 unspecified atom stereocenters. The molecule has 1 saturated carbocycles. The van der Waals surface area contributed by atoms with E-state index in [0.29, 0.717) is 12.6 Å².